The van der Waals surface area contributed by atoms with E-state index in [1.165, 1.54) is 21.3 Å². The van der Waals surface area contributed by atoms with Gasteiger partial charge in [0.25, 0.3) is 15.9 Å². The molecule has 9 nitrogen and oxygen atoms in total. The molecule has 0 unspecified atom stereocenters. The van der Waals surface area contributed by atoms with Crippen LogP contribution in [0.25, 0.3) is 5.57 Å². The average molecular weight is 570 g/mol. The van der Waals surface area contributed by atoms with Crippen LogP contribution in [-0.4, -0.2) is 40.7 Å². The van der Waals surface area contributed by atoms with Crippen molar-refractivity contribution in [2.45, 2.75) is 25.3 Å². The van der Waals surface area contributed by atoms with E-state index >= 15 is 0 Å². The number of halogens is 1. The molecular weight excluding hydrogens is 537 g/mol. The molecule has 3 rings (SSSR count). The lowest BCUT2D eigenvalue weighted by Crippen LogP contribution is -2.28. The molecule has 0 radical (unpaired) electrons. The largest absolute Gasteiger partial charge is 0.513 e. The quantitative estimate of drug-likeness (QED) is 0.181. The molecule has 0 aromatic heterocycles. The third-order valence-electron chi connectivity index (χ3n) is 6.01. The minimum absolute atomic E-state index is 0.166. The van der Waals surface area contributed by atoms with Crippen molar-refractivity contribution in [1.29, 1.82) is 0 Å². The van der Waals surface area contributed by atoms with Crippen molar-refractivity contribution in [3.8, 4) is 0 Å². The van der Waals surface area contributed by atoms with E-state index in [2.05, 4.69) is 5.32 Å². The number of sulfonamides is 1. The summed E-state index contributed by atoms with van der Waals surface area (Å²) in [5.41, 5.74) is 3.15. The molecule has 0 aliphatic carbocycles. The van der Waals surface area contributed by atoms with Crippen LogP contribution in [0.15, 0.2) is 89.5 Å². The number of nitrogens with one attached hydrogen (secondary N) is 1. The van der Waals surface area contributed by atoms with Gasteiger partial charge in [0.05, 0.1) is 30.6 Å². The van der Waals surface area contributed by atoms with E-state index in [4.69, 9.17) is 9.68 Å². The van der Waals surface area contributed by atoms with Gasteiger partial charge >= 0.3 is 0 Å². The molecule has 0 heterocycles. The monoisotopic (exact) mass is 569 g/mol. The third-order valence-corrected chi connectivity index (χ3v) is 7.79. The lowest BCUT2D eigenvalue weighted by atomic mass is 10.0. The minimum Gasteiger partial charge on any atom is -0.513 e. The van der Waals surface area contributed by atoms with Gasteiger partial charge < -0.3 is 10.4 Å². The van der Waals surface area contributed by atoms with Gasteiger partial charge in [-0.2, -0.15) is 0 Å². The predicted molar refractivity (Wildman–Crippen MR) is 153 cm³/mol. The highest BCUT2D eigenvalue weighted by atomic mass is 32.2. The van der Waals surface area contributed by atoms with Crippen LogP contribution in [0, 0.1) is 5.82 Å². The minimum atomic E-state index is -4.07. The Morgan fingerprint density at radius 3 is 2.25 bits per heavy atom. The van der Waals surface area contributed by atoms with E-state index in [1.807, 2.05) is 19.1 Å². The lowest BCUT2D eigenvalue weighted by Gasteiger charge is -2.22. The number of aliphatic hydroxyl groups excluding tert-OH is 1. The highest BCUT2D eigenvalue weighted by molar-refractivity contribution is 7.92. The zero-order valence-corrected chi connectivity index (χ0v) is 23.7. The summed E-state index contributed by atoms with van der Waals surface area (Å²) in [6.07, 6.45) is 3.39. The Morgan fingerprint density at radius 2 is 1.62 bits per heavy atom. The average Bonchev–Trinajstić information content (AvgIpc) is 2.95. The summed E-state index contributed by atoms with van der Waals surface area (Å²) in [5, 5.41) is 12.9. The maximum atomic E-state index is 14.3. The second-order valence-corrected chi connectivity index (χ2v) is 10.8. The van der Waals surface area contributed by atoms with E-state index in [9.17, 15) is 22.7 Å². The van der Waals surface area contributed by atoms with Crippen LogP contribution >= 0.6 is 0 Å². The van der Waals surface area contributed by atoms with Crippen molar-refractivity contribution in [3.63, 3.8) is 0 Å². The van der Waals surface area contributed by atoms with Crippen molar-refractivity contribution in [1.82, 2.24) is 5.32 Å². The summed E-state index contributed by atoms with van der Waals surface area (Å²) in [6.45, 7) is 3.66. The summed E-state index contributed by atoms with van der Waals surface area (Å²) in [4.78, 5) is 22.4. The molecule has 2 N–H and O–H groups in total. The number of carbonyl (C=O) groups excluding carboxylic acids is 1. The van der Waals surface area contributed by atoms with Crippen LogP contribution in [0.4, 0.5) is 15.8 Å². The Hall–Kier alpha value is -4.19. The molecule has 0 saturated heterocycles. The highest BCUT2D eigenvalue weighted by Gasteiger charge is 2.24. The third kappa shape index (κ3) is 7.26. The van der Waals surface area contributed by atoms with Crippen molar-refractivity contribution in [3.05, 3.63) is 107 Å². The van der Waals surface area contributed by atoms with Gasteiger partial charge in [-0.15, -0.1) is 5.23 Å². The van der Waals surface area contributed by atoms with Gasteiger partial charge in [-0.25, -0.2) is 12.8 Å². The summed E-state index contributed by atoms with van der Waals surface area (Å²) >= 11 is 0. The van der Waals surface area contributed by atoms with Crippen LogP contribution in [0.3, 0.4) is 0 Å². The van der Waals surface area contributed by atoms with Gasteiger partial charge in [0.15, 0.2) is 5.82 Å². The van der Waals surface area contributed by atoms with E-state index in [0.717, 1.165) is 38.9 Å². The summed E-state index contributed by atoms with van der Waals surface area (Å²) < 4.78 is 42.0. The number of benzene rings is 3. The van der Waals surface area contributed by atoms with Gasteiger partial charge in [-0.05, 0) is 79.1 Å². The van der Waals surface area contributed by atoms with Crippen LogP contribution < -0.4 is 14.8 Å². The van der Waals surface area contributed by atoms with E-state index in [0.29, 0.717) is 16.8 Å². The molecule has 0 atom stereocenters. The number of nitrogens with zero attached hydrogens (tertiary/aromatic N) is 2. The molecule has 212 valence electrons. The number of hydrogen-bond acceptors (Lipinski definition) is 7. The Labute approximate surface area is 233 Å². The first-order valence-corrected chi connectivity index (χ1v) is 13.6. The number of anilines is 2. The fourth-order valence-electron chi connectivity index (χ4n) is 3.73. The zero-order valence-electron chi connectivity index (χ0n) is 22.9. The van der Waals surface area contributed by atoms with Crippen LogP contribution in [0.2, 0.25) is 0 Å². The van der Waals surface area contributed by atoms with Gasteiger partial charge in [0, 0.05) is 19.2 Å². The fourth-order valence-corrected chi connectivity index (χ4v) is 4.94. The Bertz CT molecular complexity index is 1510. The number of amides is 1. The maximum absolute atomic E-state index is 14.3. The number of aliphatic hydroxyl groups is 1. The molecule has 0 bridgehead atoms. The Balaban J connectivity index is 1.73. The van der Waals surface area contributed by atoms with Gasteiger partial charge in [-0.3, -0.25) is 18.8 Å². The predicted octanol–water partition coefficient (Wildman–Crippen LogP) is 5.38. The molecule has 3 aromatic carbocycles. The van der Waals surface area contributed by atoms with Crippen molar-refractivity contribution < 1.29 is 32.4 Å². The topological polar surface area (TPSA) is 108 Å². The first-order valence-electron chi connectivity index (χ1n) is 12.2. The first kappa shape index (κ1) is 30.4. The van der Waals surface area contributed by atoms with Crippen LogP contribution in [0.1, 0.15) is 35.3 Å². The van der Waals surface area contributed by atoms with E-state index in [-0.39, 0.29) is 28.8 Å². The second-order valence-electron chi connectivity index (χ2n) is 8.80. The Morgan fingerprint density at radius 1 is 0.975 bits per heavy atom. The molecule has 0 spiro atoms. The SMILES string of the molecule is CON(OC)c1cc(S(=O)(=O)N(C)c2cccc(CNC(=O)c3ccc(/C(C)=C/C=C(\C)O)cc3)c2)ccc1F. The summed E-state index contributed by atoms with van der Waals surface area (Å²) in [6, 6.07) is 17.1. The van der Waals surface area contributed by atoms with Crippen molar-refractivity contribution in [2.75, 3.05) is 30.8 Å². The van der Waals surface area contributed by atoms with E-state index in [1.54, 1.807) is 55.5 Å². The number of carbonyl (C=O) groups is 1. The molecule has 40 heavy (non-hydrogen) atoms. The number of allylic oxidation sites excluding steroid dienone is 4. The normalized spacial score (nSPS) is 12.2. The smallest absolute Gasteiger partial charge is 0.264 e. The number of rotatable bonds is 11. The standard InChI is InChI=1S/C29H32FN3O6S/c1-20(9-10-21(2)34)23-11-13-24(14-12-23)29(35)31-19-22-7-6-8-25(17-22)32(3)40(36,37)26-15-16-27(30)28(18-26)33(38-4)39-5/h6-18,34H,19H2,1-5H3,(H,31,35)/b20-9+,21-10+. The van der Waals surface area contributed by atoms with E-state index < -0.39 is 15.8 Å². The fraction of sp³-hybridized carbons (Fsp3) is 0.207. The molecule has 0 aliphatic rings. The molecule has 3 aromatic rings. The molecule has 0 aliphatic heterocycles. The lowest BCUT2D eigenvalue weighted by molar-refractivity contribution is -0.0447. The molecular formula is C29H32FN3O6S. The van der Waals surface area contributed by atoms with Crippen molar-refractivity contribution >= 4 is 32.9 Å². The maximum Gasteiger partial charge on any atom is 0.264 e. The Kier molecular flexibility index (Phi) is 10.1. The van der Waals surface area contributed by atoms with Gasteiger partial charge in [-0.1, -0.05) is 30.3 Å². The molecule has 11 heteroatoms. The molecule has 1 amide bonds. The molecule has 0 fully saturated rings. The summed E-state index contributed by atoms with van der Waals surface area (Å²) in [5.74, 6) is -0.808. The van der Waals surface area contributed by atoms with Gasteiger partial charge in [0.1, 0.15) is 5.69 Å². The van der Waals surface area contributed by atoms with Gasteiger partial charge in [0.2, 0.25) is 0 Å². The molecule has 0 saturated carbocycles. The first-order chi connectivity index (χ1) is 19.0. The van der Waals surface area contributed by atoms with Crippen LogP contribution in [-0.2, 0) is 26.2 Å². The zero-order chi connectivity index (χ0) is 29.4. The number of hydrogen-bond donors (Lipinski definition) is 2. The summed E-state index contributed by atoms with van der Waals surface area (Å²) in [7, 11) is -0.173. The van der Waals surface area contributed by atoms with Crippen molar-refractivity contribution in [2.24, 2.45) is 0 Å². The van der Waals surface area contributed by atoms with Crippen LogP contribution in [0.5, 0.6) is 0 Å². The second kappa shape index (κ2) is 13.2. The highest BCUT2D eigenvalue weighted by Crippen LogP contribution is 2.28.